The van der Waals surface area contributed by atoms with E-state index in [1.165, 1.54) is 0 Å². The molecule has 0 bridgehead atoms. The first-order chi connectivity index (χ1) is 9.10. The minimum atomic E-state index is 0.0106. The summed E-state index contributed by atoms with van der Waals surface area (Å²) < 4.78 is 1.05. The van der Waals surface area contributed by atoms with Gasteiger partial charge in [-0.25, -0.2) is 0 Å². The summed E-state index contributed by atoms with van der Waals surface area (Å²) in [5.74, 6) is 0.430. The van der Waals surface area contributed by atoms with Crippen molar-refractivity contribution in [1.82, 2.24) is 4.90 Å². The molecular formula is C14H13BrClNOS. The predicted molar refractivity (Wildman–Crippen MR) is 83.8 cm³/mol. The average molecular weight is 359 g/mol. The van der Waals surface area contributed by atoms with Crippen molar-refractivity contribution in [2.45, 2.75) is 12.4 Å². The van der Waals surface area contributed by atoms with Crippen LogP contribution in [0.25, 0.3) is 0 Å². The third-order valence-electron chi connectivity index (χ3n) is 2.69. The van der Waals surface area contributed by atoms with Crippen LogP contribution >= 0.6 is 38.9 Å². The Morgan fingerprint density at radius 3 is 2.84 bits per heavy atom. The molecule has 0 aliphatic rings. The molecular weight excluding hydrogens is 346 g/mol. The minimum Gasteiger partial charge on any atom is -0.337 e. The second kappa shape index (κ2) is 6.55. The van der Waals surface area contributed by atoms with Gasteiger partial charge in [0.05, 0.1) is 6.54 Å². The van der Waals surface area contributed by atoms with Gasteiger partial charge in [0.25, 0.3) is 5.91 Å². The van der Waals surface area contributed by atoms with E-state index in [4.69, 9.17) is 11.6 Å². The Morgan fingerprint density at radius 2 is 2.21 bits per heavy atom. The van der Waals surface area contributed by atoms with Crippen molar-refractivity contribution in [3.63, 3.8) is 0 Å². The maximum Gasteiger partial charge on any atom is 0.253 e. The smallest absolute Gasteiger partial charge is 0.253 e. The highest BCUT2D eigenvalue weighted by Gasteiger charge is 2.13. The number of benzene rings is 1. The molecule has 0 saturated carbocycles. The van der Waals surface area contributed by atoms with E-state index in [2.05, 4.69) is 15.9 Å². The van der Waals surface area contributed by atoms with Gasteiger partial charge in [0.1, 0.15) is 0 Å². The van der Waals surface area contributed by atoms with Crippen LogP contribution in [-0.4, -0.2) is 17.9 Å². The third kappa shape index (κ3) is 3.81. The molecule has 0 unspecified atom stereocenters. The van der Waals surface area contributed by atoms with Gasteiger partial charge in [-0.2, -0.15) is 0 Å². The topological polar surface area (TPSA) is 20.3 Å². The Morgan fingerprint density at radius 1 is 1.42 bits per heavy atom. The fourth-order valence-electron chi connectivity index (χ4n) is 1.75. The number of amides is 1. The SMILES string of the molecule is CN(Cc1cc(Br)cs1)C(=O)c1cccc(CCl)c1. The van der Waals surface area contributed by atoms with Crippen molar-refractivity contribution in [1.29, 1.82) is 0 Å². The summed E-state index contributed by atoms with van der Waals surface area (Å²) in [6.45, 7) is 0.611. The van der Waals surface area contributed by atoms with Crippen molar-refractivity contribution in [2.24, 2.45) is 0 Å². The molecule has 2 rings (SSSR count). The first-order valence-corrected chi connectivity index (χ1v) is 7.94. The van der Waals surface area contributed by atoms with Crippen LogP contribution in [0.1, 0.15) is 20.8 Å². The Hall–Kier alpha value is -0.840. The molecule has 2 aromatic rings. The van der Waals surface area contributed by atoms with Crippen LogP contribution < -0.4 is 0 Å². The lowest BCUT2D eigenvalue weighted by atomic mass is 10.1. The van der Waals surface area contributed by atoms with Gasteiger partial charge in [-0.3, -0.25) is 4.79 Å². The van der Waals surface area contributed by atoms with Gasteiger partial charge in [0.15, 0.2) is 0 Å². The molecule has 100 valence electrons. The minimum absolute atomic E-state index is 0.0106. The fourth-order valence-corrected chi connectivity index (χ4v) is 3.42. The summed E-state index contributed by atoms with van der Waals surface area (Å²) in [5.41, 5.74) is 1.64. The zero-order valence-electron chi connectivity index (χ0n) is 10.4. The van der Waals surface area contributed by atoms with Crippen LogP contribution in [-0.2, 0) is 12.4 Å². The lowest BCUT2D eigenvalue weighted by Crippen LogP contribution is -2.25. The molecule has 1 aromatic heterocycles. The summed E-state index contributed by atoms with van der Waals surface area (Å²) >= 11 is 10.8. The van der Waals surface area contributed by atoms with Crippen LogP contribution in [0.2, 0.25) is 0 Å². The molecule has 1 heterocycles. The molecule has 0 aliphatic carbocycles. The number of hydrogen-bond acceptors (Lipinski definition) is 2. The van der Waals surface area contributed by atoms with Crippen molar-refractivity contribution in [2.75, 3.05) is 7.05 Å². The molecule has 0 fully saturated rings. The van der Waals surface area contributed by atoms with Gasteiger partial charge in [0, 0.05) is 33.2 Å². The molecule has 0 saturated heterocycles. The zero-order valence-corrected chi connectivity index (χ0v) is 13.6. The Labute approximate surface area is 130 Å². The number of nitrogens with zero attached hydrogens (tertiary/aromatic N) is 1. The van der Waals surface area contributed by atoms with Crippen LogP contribution in [0.3, 0.4) is 0 Å². The number of carbonyl (C=O) groups is 1. The quantitative estimate of drug-likeness (QED) is 0.736. The maximum atomic E-state index is 12.3. The van der Waals surface area contributed by atoms with E-state index in [1.807, 2.05) is 42.8 Å². The largest absolute Gasteiger partial charge is 0.337 e. The molecule has 0 spiro atoms. The van der Waals surface area contributed by atoms with Crippen LogP contribution in [0.15, 0.2) is 40.2 Å². The normalized spacial score (nSPS) is 10.5. The van der Waals surface area contributed by atoms with E-state index >= 15 is 0 Å². The van der Waals surface area contributed by atoms with Crippen molar-refractivity contribution < 1.29 is 4.79 Å². The predicted octanol–water partition coefficient (Wildman–Crippen LogP) is 4.52. The van der Waals surface area contributed by atoms with Crippen LogP contribution in [0.4, 0.5) is 0 Å². The number of hydrogen-bond donors (Lipinski definition) is 0. The maximum absolute atomic E-state index is 12.3. The number of thiophene rings is 1. The van der Waals surface area contributed by atoms with Gasteiger partial charge in [-0.05, 0) is 39.7 Å². The van der Waals surface area contributed by atoms with Crippen LogP contribution in [0, 0.1) is 0 Å². The zero-order chi connectivity index (χ0) is 13.8. The first kappa shape index (κ1) is 14.6. The third-order valence-corrected chi connectivity index (χ3v) is 4.68. The number of rotatable bonds is 4. The molecule has 2 nitrogen and oxygen atoms in total. The summed E-state index contributed by atoms with van der Waals surface area (Å²) in [7, 11) is 1.81. The monoisotopic (exact) mass is 357 g/mol. The van der Waals surface area contributed by atoms with Gasteiger partial charge < -0.3 is 4.90 Å². The molecule has 0 N–H and O–H groups in total. The molecule has 19 heavy (non-hydrogen) atoms. The van der Waals surface area contributed by atoms with Crippen molar-refractivity contribution in [3.05, 3.63) is 56.2 Å². The first-order valence-electron chi connectivity index (χ1n) is 5.73. The number of halogens is 2. The second-order valence-electron chi connectivity index (χ2n) is 4.23. The molecule has 5 heteroatoms. The van der Waals surface area contributed by atoms with E-state index in [1.54, 1.807) is 16.2 Å². The highest BCUT2D eigenvalue weighted by molar-refractivity contribution is 9.10. The number of alkyl halides is 1. The lowest BCUT2D eigenvalue weighted by molar-refractivity contribution is 0.0786. The summed E-state index contributed by atoms with van der Waals surface area (Å²) in [5, 5.41) is 2.02. The number of carbonyl (C=O) groups excluding carboxylic acids is 1. The fraction of sp³-hybridized carbons (Fsp3) is 0.214. The summed E-state index contributed by atoms with van der Waals surface area (Å²) in [4.78, 5) is 15.2. The van der Waals surface area contributed by atoms with E-state index in [-0.39, 0.29) is 5.91 Å². The van der Waals surface area contributed by atoms with Gasteiger partial charge >= 0.3 is 0 Å². The highest BCUT2D eigenvalue weighted by atomic mass is 79.9. The van der Waals surface area contributed by atoms with Crippen molar-refractivity contribution in [3.8, 4) is 0 Å². The standard InChI is InChI=1S/C14H13BrClNOS/c1-17(8-13-6-12(15)9-19-13)14(18)11-4-2-3-10(5-11)7-16/h2-6,9H,7-8H2,1H3. The Kier molecular flexibility index (Phi) is 5.02. The summed E-state index contributed by atoms with van der Waals surface area (Å²) in [6, 6.07) is 9.47. The molecule has 0 aliphatic heterocycles. The Bertz CT molecular complexity index is 584. The second-order valence-corrected chi connectivity index (χ2v) is 6.41. The average Bonchev–Trinajstić information content (AvgIpc) is 2.83. The molecule has 0 atom stereocenters. The van der Waals surface area contributed by atoms with E-state index in [0.717, 1.165) is 14.9 Å². The van der Waals surface area contributed by atoms with E-state index < -0.39 is 0 Å². The summed E-state index contributed by atoms with van der Waals surface area (Å²) in [6.07, 6.45) is 0. The van der Waals surface area contributed by atoms with E-state index in [0.29, 0.717) is 18.0 Å². The molecule has 1 amide bonds. The molecule has 1 aromatic carbocycles. The van der Waals surface area contributed by atoms with E-state index in [9.17, 15) is 4.79 Å². The Balaban J connectivity index is 2.09. The lowest BCUT2D eigenvalue weighted by Gasteiger charge is -2.16. The molecule has 0 radical (unpaired) electrons. The van der Waals surface area contributed by atoms with Crippen molar-refractivity contribution >= 4 is 44.8 Å². The van der Waals surface area contributed by atoms with Gasteiger partial charge in [0.2, 0.25) is 0 Å². The van der Waals surface area contributed by atoms with Crippen LogP contribution in [0.5, 0.6) is 0 Å². The van der Waals surface area contributed by atoms with Gasteiger partial charge in [-0.15, -0.1) is 22.9 Å². The highest BCUT2D eigenvalue weighted by Crippen LogP contribution is 2.21. The van der Waals surface area contributed by atoms with Gasteiger partial charge in [-0.1, -0.05) is 12.1 Å².